The van der Waals surface area contributed by atoms with Gasteiger partial charge in [0.25, 0.3) is 11.8 Å². The van der Waals surface area contributed by atoms with Gasteiger partial charge in [-0.1, -0.05) is 30.3 Å². The minimum Gasteiger partial charge on any atom is -0.395 e. The first-order valence-electron chi connectivity index (χ1n) is 11.8. The molecular weight excluding hydrogens is 416 g/mol. The molecule has 2 amide bonds. The Morgan fingerprint density at radius 2 is 1.33 bits per heavy atom. The smallest absolute Gasteiger partial charge is 0.282 e. The predicted octanol–water partition coefficient (Wildman–Crippen LogP) is 2.18. The third kappa shape index (κ3) is 4.14. The number of nitrogens with zero attached hydrogens (tertiary/aromatic N) is 4. The molecule has 0 bridgehead atoms. The molecule has 0 saturated carbocycles. The average molecular weight is 447 g/mol. The maximum Gasteiger partial charge on any atom is 0.282 e. The summed E-state index contributed by atoms with van der Waals surface area (Å²) in [6.07, 6.45) is 2.40. The van der Waals surface area contributed by atoms with Crippen LogP contribution in [0, 0.1) is 0 Å². The Morgan fingerprint density at radius 3 is 1.97 bits per heavy atom. The van der Waals surface area contributed by atoms with E-state index in [1.165, 1.54) is 17.7 Å². The van der Waals surface area contributed by atoms with Gasteiger partial charge in [-0.3, -0.25) is 14.5 Å². The second-order valence-electron chi connectivity index (χ2n) is 8.80. The highest BCUT2D eigenvalue weighted by Crippen LogP contribution is 2.36. The van der Waals surface area contributed by atoms with Gasteiger partial charge in [0.2, 0.25) is 0 Å². The van der Waals surface area contributed by atoms with Crippen molar-refractivity contribution in [1.29, 1.82) is 0 Å². The molecule has 0 aromatic heterocycles. The van der Waals surface area contributed by atoms with Crippen molar-refractivity contribution in [2.45, 2.75) is 12.8 Å². The molecule has 2 saturated heterocycles. The van der Waals surface area contributed by atoms with Crippen LogP contribution in [0.4, 0.5) is 11.4 Å². The highest BCUT2D eigenvalue weighted by atomic mass is 16.3. The first-order valence-corrected chi connectivity index (χ1v) is 11.8. The Hall–Kier alpha value is -3.16. The summed E-state index contributed by atoms with van der Waals surface area (Å²) in [6, 6.07) is 17.3. The van der Waals surface area contributed by atoms with Crippen molar-refractivity contribution in [2.75, 3.05) is 62.2 Å². The van der Waals surface area contributed by atoms with Crippen molar-refractivity contribution in [3.8, 4) is 0 Å². The molecule has 2 aromatic rings. The van der Waals surface area contributed by atoms with Gasteiger partial charge >= 0.3 is 0 Å². The highest BCUT2D eigenvalue weighted by Gasteiger charge is 2.43. The van der Waals surface area contributed by atoms with Crippen LogP contribution in [0.1, 0.15) is 18.4 Å². The largest absolute Gasteiger partial charge is 0.395 e. The van der Waals surface area contributed by atoms with Gasteiger partial charge in [0.15, 0.2) is 0 Å². The van der Waals surface area contributed by atoms with Crippen LogP contribution in [0.15, 0.2) is 60.3 Å². The Kier molecular flexibility index (Phi) is 6.15. The number of aliphatic hydroxyl groups is 1. The molecule has 3 aliphatic rings. The zero-order valence-corrected chi connectivity index (χ0v) is 18.8. The molecule has 7 heteroatoms. The van der Waals surface area contributed by atoms with Crippen LogP contribution >= 0.6 is 0 Å². The number of imide groups is 1. The van der Waals surface area contributed by atoms with Crippen molar-refractivity contribution < 1.29 is 14.7 Å². The minimum absolute atomic E-state index is 0.122. The highest BCUT2D eigenvalue weighted by molar-refractivity contribution is 6.45. The van der Waals surface area contributed by atoms with Crippen LogP contribution in [-0.4, -0.2) is 79.1 Å². The second-order valence-corrected chi connectivity index (χ2v) is 8.80. The van der Waals surface area contributed by atoms with E-state index in [4.69, 9.17) is 0 Å². The van der Waals surface area contributed by atoms with Crippen molar-refractivity contribution in [2.24, 2.45) is 0 Å². The number of β-amino-alcohol motifs (C(OH)–C–C–N with tert-alkyl or cyclic N) is 1. The average Bonchev–Trinajstić information content (AvgIpc) is 3.47. The fourth-order valence-corrected chi connectivity index (χ4v) is 5.04. The van der Waals surface area contributed by atoms with Crippen molar-refractivity contribution >= 4 is 28.8 Å². The van der Waals surface area contributed by atoms with Gasteiger partial charge in [-0.2, -0.15) is 0 Å². The molecule has 0 unspecified atom stereocenters. The summed E-state index contributed by atoms with van der Waals surface area (Å²) in [4.78, 5) is 35.2. The topological polar surface area (TPSA) is 67.3 Å². The Morgan fingerprint density at radius 1 is 0.697 bits per heavy atom. The molecule has 0 aliphatic carbocycles. The molecular formula is C26H30N4O3. The van der Waals surface area contributed by atoms with Gasteiger partial charge in [0.05, 0.1) is 17.9 Å². The Labute approximate surface area is 194 Å². The van der Waals surface area contributed by atoms with E-state index in [1.807, 2.05) is 59.5 Å². The van der Waals surface area contributed by atoms with E-state index in [-0.39, 0.29) is 18.4 Å². The molecule has 3 heterocycles. The van der Waals surface area contributed by atoms with Crippen molar-refractivity contribution in [1.82, 2.24) is 9.80 Å². The SMILES string of the molecule is O=C1C(c2ccccc2)=C(N2CCN(CCO)CC2)C(=O)N1c1ccc(N2CCCC2)cc1. The fourth-order valence-electron chi connectivity index (χ4n) is 5.04. The van der Waals surface area contributed by atoms with Gasteiger partial charge in [-0.15, -0.1) is 0 Å². The van der Waals surface area contributed by atoms with E-state index < -0.39 is 0 Å². The molecule has 33 heavy (non-hydrogen) atoms. The summed E-state index contributed by atoms with van der Waals surface area (Å²) in [7, 11) is 0. The number of carbonyl (C=O) groups excluding carboxylic acids is 2. The number of hydrogen-bond donors (Lipinski definition) is 1. The number of aliphatic hydroxyl groups excluding tert-OH is 1. The lowest BCUT2D eigenvalue weighted by atomic mass is 10.0. The molecule has 2 aromatic carbocycles. The summed E-state index contributed by atoms with van der Waals surface area (Å²) in [5.41, 5.74) is 3.46. The number of amides is 2. The number of carbonyl (C=O) groups is 2. The van der Waals surface area contributed by atoms with Gasteiger partial charge in [0, 0.05) is 51.5 Å². The van der Waals surface area contributed by atoms with Crippen LogP contribution in [0.25, 0.3) is 5.57 Å². The number of piperazine rings is 1. The first-order chi connectivity index (χ1) is 16.2. The van der Waals surface area contributed by atoms with Crippen LogP contribution in [0.5, 0.6) is 0 Å². The van der Waals surface area contributed by atoms with E-state index in [0.29, 0.717) is 36.6 Å². The Balaban J connectivity index is 1.46. The molecule has 0 spiro atoms. The molecule has 1 N–H and O–H groups in total. The third-order valence-corrected chi connectivity index (χ3v) is 6.81. The van der Waals surface area contributed by atoms with E-state index >= 15 is 0 Å². The minimum atomic E-state index is -0.270. The molecule has 5 rings (SSSR count). The van der Waals surface area contributed by atoms with Crippen LogP contribution in [0.3, 0.4) is 0 Å². The number of hydrogen-bond acceptors (Lipinski definition) is 6. The van der Waals surface area contributed by atoms with Gasteiger partial charge in [-0.25, -0.2) is 4.90 Å². The van der Waals surface area contributed by atoms with Crippen molar-refractivity contribution in [3.63, 3.8) is 0 Å². The van der Waals surface area contributed by atoms with E-state index in [1.54, 1.807) is 0 Å². The number of rotatable bonds is 6. The summed E-state index contributed by atoms with van der Waals surface area (Å²) in [6.45, 7) is 5.63. The quantitative estimate of drug-likeness (QED) is 0.687. The normalized spacial score (nSPS) is 19.8. The molecule has 172 valence electrons. The lowest BCUT2D eigenvalue weighted by Crippen LogP contribution is -2.48. The van der Waals surface area contributed by atoms with E-state index in [2.05, 4.69) is 9.80 Å². The number of benzene rings is 2. The first kappa shape index (κ1) is 21.7. The van der Waals surface area contributed by atoms with E-state index in [9.17, 15) is 14.7 Å². The third-order valence-electron chi connectivity index (χ3n) is 6.81. The summed E-state index contributed by atoms with van der Waals surface area (Å²) < 4.78 is 0. The summed E-state index contributed by atoms with van der Waals surface area (Å²) in [5.74, 6) is -0.531. The van der Waals surface area contributed by atoms with Gasteiger partial charge < -0.3 is 14.9 Å². The second kappa shape index (κ2) is 9.37. The maximum atomic E-state index is 13.7. The van der Waals surface area contributed by atoms with E-state index in [0.717, 1.165) is 37.4 Å². The summed E-state index contributed by atoms with van der Waals surface area (Å²) >= 11 is 0. The standard InChI is InChI=1S/C26H30N4O3/c31-19-18-27-14-16-29(17-15-27)24-23(20-6-2-1-3-7-20)25(32)30(26(24)33)22-10-8-21(9-11-22)28-12-4-5-13-28/h1-3,6-11,31H,4-5,12-19H2. The fraction of sp³-hybridized carbons (Fsp3) is 0.385. The van der Waals surface area contributed by atoms with Gasteiger partial charge in [0.1, 0.15) is 5.70 Å². The Bertz CT molecular complexity index is 1040. The molecule has 0 radical (unpaired) electrons. The molecule has 3 aliphatic heterocycles. The monoisotopic (exact) mass is 446 g/mol. The molecule has 7 nitrogen and oxygen atoms in total. The predicted molar refractivity (Wildman–Crippen MR) is 129 cm³/mol. The maximum absolute atomic E-state index is 13.7. The van der Waals surface area contributed by atoms with Crippen LogP contribution in [-0.2, 0) is 9.59 Å². The lowest BCUT2D eigenvalue weighted by molar-refractivity contribution is -0.120. The van der Waals surface area contributed by atoms with Crippen LogP contribution in [0.2, 0.25) is 0 Å². The van der Waals surface area contributed by atoms with Crippen LogP contribution < -0.4 is 9.80 Å². The molecule has 0 atom stereocenters. The molecule has 2 fully saturated rings. The zero-order valence-electron chi connectivity index (χ0n) is 18.8. The zero-order chi connectivity index (χ0) is 22.8. The number of anilines is 2. The summed E-state index contributed by atoms with van der Waals surface area (Å²) in [5, 5.41) is 9.24. The lowest BCUT2D eigenvalue weighted by Gasteiger charge is -2.36. The van der Waals surface area contributed by atoms with Crippen molar-refractivity contribution in [3.05, 3.63) is 65.9 Å². The van der Waals surface area contributed by atoms with Gasteiger partial charge in [-0.05, 0) is 42.7 Å².